The molecule has 1 saturated heterocycles. The molecule has 1 amide bonds. The van der Waals surface area contributed by atoms with Crippen molar-refractivity contribution >= 4 is 25.8 Å². The Morgan fingerprint density at radius 3 is 2.46 bits per heavy atom. The van der Waals surface area contributed by atoms with Gasteiger partial charge >= 0.3 is 0 Å². The maximum absolute atomic E-state index is 12.8. The van der Waals surface area contributed by atoms with Crippen LogP contribution in [0.4, 0.5) is 4.39 Å². The van der Waals surface area contributed by atoms with Crippen LogP contribution < -0.4 is 10.0 Å². The molecule has 0 spiro atoms. The average Bonchev–Trinajstić information content (AvgIpc) is 2.72. The lowest BCUT2D eigenvalue weighted by Gasteiger charge is -2.23. The van der Waals surface area contributed by atoms with Crippen LogP contribution in [0.5, 0.6) is 0 Å². The number of sulfone groups is 1. The van der Waals surface area contributed by atoms with Crippen molar-refractivity contribution in [3.8, 4) is 0 Å². The molecule has 1 aliphatic heterocycles. The molecule has 0 aromatic heterocycles. The van der Waals surface area contributed by atoms with Crippen LogP contribution in [0.15, 0.2) is 29.2 Å². The molecule has 2 rings (SSSR count). The van der Waals surface area contributed by atoms with Gasteiger partial charge in [0.05, 0.1) is 21.9 Å². The zero-order chi connectivity index (χ0) is 18.0. The second-order valence-corrected chi connectivity index (χ2v) is 10.0. The first-order valence-electron chi connectivity index (χ1n) is 7.28. The number of hydrogen-bond donors (Lipinski definition) is 2. The molecule has 7 nitrogen and oxygen atoms in total. The fraction of sp³-hybridized carbons (Fsp3) is 0.500. The van der Waals surface area contributed by atoms with Crippen LogP contribution >= 0.6 is 0 Å². The van der Waals surface area contributed by atoms with Gasteiger partial charge in [0.2, 0.25) is 15.9 Å². The maximum atomic E-state index is 12.8. The van der Waals surface area contributed by atoms with Gasteiger partial charge in [0.25, 0.3) is 0 Å². The molecule has 0 radical (unpaired) electrons. The van der Waals surface area contributed by atoms with E-state index in [-0.39, 0.29) is 29.4 Å². The molecule has 134 valence electrons. The Hall–Kier alpha value is -1.52. The third-order valence-corrected chi connectivity index (χ3v) is 7.09. The smallest absolute Gasteiger partial charge is 0.240 e. The van der Waals surface area contributed by atoms with Crippen LogP contribution in [0, 0.1) is 5.82 Å². The van der Waals surface area contributed by atoms with Gasteiger partial charge in [-0.15, -0.1) is 0 Å². The van der Waals surface area contributed by atoms with Crippen LogP contribution in [0.1, 0.15) is 19.8 Å². The molecular weight excluding hydrogens is 359 g/mol. The molecule has 1 unspecified atom stereocenters. The second kappa shape index (κ2) is 6.77. The number of hydrogen-bond acceptors (Lipinski definition) is 5. The van der Waals surface area contributed by atoms with Gasteiger partial charge in [-0.25, -0.2) is 25.9 Å². The van der Waals surface area contributed by atoms with Crippen LogP contribution in [0.2, 0.25) is 0 Å². The molecule has 0 saturated carbocycles. The van der Waals surface area contributed by atoms with Crippen molar-refractivity contribution in [3.05, 3.63) is 30.1 Å². The predicted octanol–water partition coefficient (Wildman–Crippen LogP) is 0.188. The van der Waals surface area contributed by atoms with Crippen LogP contribution in [-0.4, -0.2) is 46.3 Å². The summed E-state index contributed by atoms with van der Waals surface area (Å²) in [6.07, 6.45) is 0.207. The van der Waals surface area contributed by atoms with Gasteiger partial charge in [-0.2, -0.15) is 0 Å². The SMILES string of the molecule is CC1(NC(=O)CCNS(=O)(=O)c2ccc(F)cc2)CCS(=O)(=O)C1. The van der Waals surface area contributed by atoms with Gasteiger partial charge in [-0.05, 0) is 37.6 Å². The molecule has 0 bridgehead atoms. The van der Waals surface area contributed by atoms with Gasteiger partial charge in [-0.3, -0.25) is 4.79 Å². The van der Waals surface area contributed by atoms with E-state index in [9.17, 15) is 26.0 Å². The van der Waals surface area contributed by atoms with Crippen LogP contribution in [0.3, 0.4) is 0 Å². The van der Waals surface area contributed by atoms with Gasteiger partial charge in [0.15, 0.2) is 9.84 Å². The highest BCUT2D eigenvalue weighted by atomic mass is 32.2. The second-order valence-electron chi connectivity index (χ2n) is 6.05. The number of nitrogens with one attached hydrogen (secondary N) is 2. The molecule has 1 aromatic rings. The number of sulfonamides is 1. The minimum absolute atomic E-state index is 0.0287. The topological polar surface area (TPSA) is 109 Å². The Balaban J connectivity index is 1.85. The van der Waals surface area contributed by atoms with Crippen LogP contribution in [-0.2, 0) is 24.7 Å². The summed E-state index contributed by atoms with van der Waals surface area (Å²) in [6.45, 7) is 1.51. The van der Waals surface area contributed by atoms with Gasteiger partial charge < -0.3 is 5.32 Å². The van der Waals surface area contributed by atoms with E-state index in [2.05, 4.69) is 10.0 Å². The van der Waals surface area contributed by atoms with E-state index in [1.54, 1.807) is 6.92 Å². The number of halogens is 1. The summed E-state index contributed by atoms with van der Waals surface area (Å²) in [5.74, 6) is -1.07. The van der Waals surface area contributed by atoms with E-state index >= 15 is 0 Å². The highest BCUT2D eigenvalue weighted by Crippen LogP contribution is 2.22. The Kier molecular flexibility index (Phi) is 5.31. The Bertz CT molecular complexity index is 821. The highest BCUT2D eigenvalue weighted by Gasteiger charge is 2.39. The first kappa shape index (κ1) is 18.8. The highest BCUT2D eigenvalue weighted by molar-refractivity contribution is 7.91. The Labute approximate surface area is 140 Å². The lowest BCUT2D eigenvalue weighted by atomic mass is 10.0. The quantitative estimate of drug-likeness (QED) is 0.734. The van der Waals surface area contributed by atoms with E-state index in [1.807, 2.05) is 0 Å². The van der Waals surface area contributed by atoms with E-state index in [4.69, 9.17) is 0 Å². The summed E-state index contributed by atoms with van der Waals surface area (Å²) in [5.41, 5.74) is -0.814. The van der Waals surface area contributed by atoms with Crippen LogP contribution in [0.25, 0.3) is 0 Å². The number of carbonyl (C=O) groups excluding carboxylic acids is 1. The van der Waals surface area contributed by atoms with Crippen molar-refractivity contribution < 1.29 is 26.0 Å². The van der Waals surface area contributed by atoms with Gasteiger partial charge in [-0.1, -0.05) is 0 Å². The van der Waals surface area contributed by atoms with Crippen molar-refractivity contribution in [2.24, 2.45) is 0 Å². The molecule has 1 aliphatic rings. The standard InChI is InChI=1S/C14H19FN2O5S2/c1-14(7-9-23(19,20)10-14)17-13(18)6-8-16-24(21,22)12-4-2-11(15)3-5-12/h2-5,16H,6-10H2,1H3,(H,17,18). The minimum atomic E-state index is -3.83. The zero-order valence-electron chi connectivity index (χ0n) is 13.1. The average molecular weight is 378 g/mol. The normalized spacial score (nSPS) is 23.1. The van der Waals surface area contributed by atoms with Crippen molar-refractivity contribution in [2.75, 3.05) is 18.1 Å². The fourth-order valence-electron chi connectivity index (χ4n) is 2.50. The molecule has 1 fully saturated rings. The summed E-state index contributed by atoms with van der Waals surface area (Å²) < 4.78 is 62.0. The molecule has 1 heterocycles. The van der Waals surface area contributed by atoms with Crippen molar-refractivity contribution in [1.29, 1.82) is 0 Å². The number of benzene rings is 1. The molecule has 1 atom stereocenters. The number of rotatable bonds is 6. The number of carbonyl (C=O) groups is 1. The molecule has 1 aromatic carbocycles. The summed E-state index contributed by atoms with van der Waals surface area (Å²) in [6, 6.07) is 4.32. The zero-order valence-corrected chi connectivity index (χ0v) is 14.7. The molecule has 2 N–H and O–H groups in total. The van der Waals surface area contributed by atoms with E-state index in [0.29, 0.717) is 6.42 Å². The van der Waals surface area contributed by atoms with E-state index < -0.39 is 37.1 Å². The Morgan fingerprint density at radius 1 is 1.29 bits per heavy atom. The number of amides is 1. The van der Waals surface area contributed by atoms with Gasteiger partial charge in [0.1, 0.15) is 5.82 Å². The lowest BCUT2D eigenvalue weighted by Crippen LogP contribution is -2.47. The summed E-state index contributed by atoms with van der Waals surface area (Å²) in [5, 5.41) is 2.64. The molecular formula is C14H19FN2O5S2. The first-order chi connectivity index (χ1) is 11.0. The van der Waals surface area contributed by atoms with E-state index in [0.717, 1.165) is 24.3 Å². The van der Waals surface area contributed by atoms with Crippen molar-refractivity contribution in [2.45, 2.75) is 30.2 Å². The summed E-state index contributed by atoms with van der Waals surface area (Å²) >= 11 is 0. The first-order valence-corrected chi connectivity index (χ1v) is 10.6. The lowest BCUT2D eigenvalue weighted by molar-refractivity contribution is -0.122. The maximum Gasteiger partial charge on any atom is 0.240 e. The minimum Gasteiger partial charge on any atom is -0.350 e. The van der Waals surface area contributed by atoms with Crippen molar-refractivity contribution in [3.63, 3.8) is 0 Å². The third kappa shape index (κ3) is 4.99. The van der Waals surface area contributed by atoms with Gasteiger partial charge in [0, 0.05) is 13.0 Å². The Morgan fingerprint density at radius 2 is 1.92 bits per heavy atom. The largest absolute Gasteiger partial charge is 0.350 e. The summed E-state index contributed by atoms with van der Waals surface area (Å²) in [7, 11) is -6.97. The van der Waals surface area contributed by atoms with E-state index in [1.165, 1.54) is 0 Å². The van der Waals surface area contributed by atoms with Crippen molar-refractivity contribution in [1.82, 2.24) is 10.0 Å². The summed E-state index contributed by atoms with van der Waals surface area (Å²) in [4.78, 5) is 11.8. The molecule has 10 heteroatoms. The monoisotopic (exact) mass is 378 g/mol. The fourth-order valence-corrected chi connectivity index (χ4v) is 5.63. The third-order valence-electron chi connectivity index (χ3n) is 3.71. The predicted molar refractivity (Wildman–Crippen MR) is 86.0 cm³/mol. The molecule has 0 aliphatic carbocycles. The molecule has 24 heavy (non-hydrogen) atoms.